The number of hydrogen-bond donors (Lipinski definition) is 2. The molecule has 2 amide bonds. The number of hydrogen-bond acceptors (Lipinski definition) is 5. The number of rotatable bonds is 11. The fraction of sp³-hybridized carbons (Fsp3) is 0.364. The van der Waals surface area contributed by atoms with Crippen molar-refractivity contribution < 1.29 is 23.8 Å². The molecule has 0 atom stereocenters. The molecule has 0 radical (unpaired) electrons. The van der Waals surface area contributed by atoms with Crippen molar-refractivity contribution in [2.45, 2.75) is 32.6 Å². The zero-order chi connectivity index (χ0) is 20.9. The van der Waals surface area contributed by atoms with Crippen LogP contribution in [0.4, 0.5) is 0 Å². The third kappa shape index (κ3) is 7.73. The molecule has 0 bridgehead atoms. The molecule has 0 aromatic heterocycles. The van der Waals surface area contributed by atoms with E-state index < -0.39 is 5.91 Å². The van der Waals surface area contributed by atoms with Crippen LogP contribution >= 0.6 is 0 Å². The van der Waals surface area contributed by atoms with Gasteiger partial charge in [0, 0.05) is 12.0 Å². The van der Waals surface area contributed by atoms with Crippen molar-refractivity contribution >= 4 is 11.8 Å². The summed E-state index contributed by atoms with van der Waals surface area (Å²) in [4.78, 5) is 24.1. The maximum Gasteiger partial charge on any atom is 0.269 e. The molecule has 2 rings (SSSR count). The van der Waals surface area contributed by atoms with Gasteiger partial charge in [-0.25, -0.2) is 0 Å². The smallest absolute Gasteiger partial charge is 0.269 e. The zero-order valence-electron chi connectivity index (χ0n) is 16.9. The minimum Gasteiger partial charge on any atom is -0.494 e. The minimum absolute atomic E-state index is 0.237. The molecule has 29 heavy (non-hydrogen) atoms. The Labute approximate surface area is 171 Å². The molecule has 7 nitrogen and oxygen atoms in total. The third-order valence-electron chi connectivity index (χ3n) is 4.06. The lowest BCUT2D eigenvalue weighted by atomic mass is 10.2. The Bertz CT molecular complexity index is 780. The first-order valence-corrected chi connectivity index (χ1v) is 9.72. The quantitative estimate of drug-likeness (QED) is 0.445. The van der Waals surface area contributed by atoms with E-state index in [4.69, 9.17) is 14.2 Å². The summed E-state index contributed by atoms with van der Waals surface area (Å²) in [6.45, 7) is 3.09. The number of para-hydroxylation sites is 1. The predicted octanol–water partition coefficient (Wildman–Crippen LogP) is 3.49. The van der Waals surface area contributed by atoms with Crippen LogP contribution in [-0.2, 0) is 4.79 Å². The fourth-order valence-electron chi connectivity index (χ4n) is 2.46. The van der Waals surface area contributed by atoms with E-state index in [1.54, 1.807) is 18.2 Å². The summed E-state index contributed by atoms with van der Waals surface area (Å²) in [5, 5.41) is 0. The molecule has 0 heterocycles. The van der Waals surface area contributed by atoms with Crippen molar-refractivity contribution in [3.8, 4) is 17.2 Å². The Balaban J connectivity index is 1.74. The Morgan fingerprint density at radius 3 is 2.38 bits per heavy atom. The summed E-state index contributed by atoms with van der Waals surface area (Å²) in [7, 11) is 1.52. The molecule has 0 aliphatic carbocycles. The number of benzene rings is 2. The fourth-order valence-corrected chi connectivity index (χ4v) is 2.46. The molecule has 2 N–H and O–H groups in total. The van der Waals surface area contributed by atoms with Crippen LogP contribution in [0, 0.1) is 0 Å². The molecule has 0 saturated heterocycles. The van der Waals surface area contributed by atoms with E-state index in [-0.39, 0.29) is 12.3 Å². The van der Waals surface area contributed by atoms with Crippen LogP contribution in [0.3, 0.4) is 0 Å². The lowest BCUT2D eigenvalue weighted by molar-refractivity contribution is -0.122. The van der Waals surface area contributed by atoms with Crippen molar-refractivity contribution in [3.63, 3.8) is 0 Å². The highest BCUT2D eigenvalue weighted by molar-refractivity contribution is 5.96. The Morgan fingerprint density at radius 1 is 0.897 bits per heavy atom. The average molecular weight is 400 g/mol. The van der Waals surface area contributed by atoms with E-state index >= 15 is 0 Å². The average Bonchev–Trinajstić information content (AvgIpc) is 2.76. The molecule has 7 heteroatoms. The van der Waals surface area contributed by atoms with Crippen LogP contribution in [0.15, 0.2) is 48.5 Å². The van der Waals surface area contributed by atoms with Gasteiger partial charge >= 0.3 is 0 Å². The van der Waals surface area contributed by atoms with Gasteiger partial charge in [0.2, 0.25) is 5.91 Å². The maximum atomic E-state index is 12.3. The molecule has 0 saturated carbocycles. The summed E-state index contributed by atoms with van der Waals surface area (Å²) in [5.41, 5.74) is 5.17. The van der Waals surface area contributed by atoms with E-state index in [2.05, 4.69) is 17.8 Å². The largest absolute Gasteiger partial charge is 0.494 e. The lowest BCUT2D eigenvalue weighted by Gasteiger charge is -2.12. The van der Waals surface area contributed by atoms with Gasteiger partial charge in [-0.15, -0.1) is 0 Å². The summed E-state index contributed by atoms with van der Waals surface area (Å²) in [6, 6.07) is 14.3. The first-order valence-electron chi connectivity index (χ1n) is 9.72. The number of ether oxygens (including phenoxy) is 3. The van der Waals surface area contributed by atoms with E-state index in [1.165, 1.54) is 7.11 Å². The highest BCUT2D eigenvalue weighted by Gasteiger charge is 2.12. The Morgan fingerprint density at radius 2 is 1.66 bits per heavy atom. The summed E-state index contributed by atoms with van der Waals surface area (Å²) >= 11 is 0. The van der Waals surface area contributed by atoms with Crippen molar-refractivity contribution in [2.75, 3.05) is 20.3 Å². The highest BCUT2D eigenvalue weighted by Crippen LogP contribution is 2.28. The number of carbonyl (C=O) groups is 2. The monoisotopic (exact) mass is 400 g/mol. The molecular formula is C22H28N2O5. The number of hydrazine groups is 1. The summed E-state index contributed by atoms with van der Waals surface area (Å²) in [5.74, 6) is 1.09. The minimum atomic E-state index is -0.433. The van der Waals surface area contributed by atoms with Crippen LogP contribution in [-0.4, -0.2) is 32.1 Å². The van der Waals surface area contributed by atoms with Gasteiger partial charge in [0.25, 0.3) is 5.91 Å². The second-order valence-corrected chi connectivity index (χ2v) is 6.34. The second kappa shape index (κ2) is 12.3. The number of methoxy groups -OCH3 is 1. The SMILES string of the molecule is CCCCOc1ccc(C(=O)NNC(=O)CCCOc2ccccc2)cc1OC. The number of carbonyl (C=O) groups excluding carboxylic acids is 2. The van der Waals surface area contributed by atoms with Gasteiger partial charge < -0.3 is 14.2 Å². The van der Waals surface area contributed by atoms with Crippen LogP contribution in [0.2, 0.25) is 0 Å². The standard InChI is InChI=1S/C22H28N2O5/c1-3-4-14-29-19-13-12-17(16-20(19)27-2)22(26)24-23-21(25)11-8-15-28-18-9-6-5-7-10-18/h5-7,9-10,12-13,16H,3-4,8,11,14-15H2,1-2H3,(H,23,25)(H,24,26). The highest BCUT2D eigenvalue weighted by atomic mass is 16.5. The molecule has 2 aromatic rings. The maximum absolute atomic E-state index is 12.3. The predicted molar refractivity (Wildman–Crippen MR) is 110 cm³/mol. The molecule has 0 unspecified atom stereocenters. The molecule has 2 aromatic carbocycles. The van der Waals surface area contributed by atoms with E-state index in [0.29, 0.717) is 36.7 Å². The zero-order valence-corrected chi connectivity index (χ0v) is 16.9. The molecule has 0 fully saturated rings. The third-order valence-corrected chi connectivity index (χ3v) is 4.06. The molecule has 0 spiro atoms. The van der Waals surface area contributed by atoms with Crippen molar-refractivity contribution in [1.82, 2.24) is 10.9 Å². The van der Waals surface area contributed by atoms with Crippen LogP contribution < -0.4 is 25.1 Å². The van der Waals surface area contributed by atoms with Gasteiger partial charge in [-0.05, 0) is 43.2 Å². The van der Waals surface area contributed by atoms with E-state index in [0.717, 1.165) is 18.6 Å². The van der Waals surface area contributed by atoms with Gasteiger partial charge in [-0.2, -0.15) is 0 Å². The van der Waals surface area contributed by atoms with Crippen LogP contribution in [0.5, 0.6) is 17.2 Å². The molecule has 0 aliphatic heterocycles. The lowest BCUT2D eigenvalue weighted by Crippen LogP contribution is -2.41. The van der Waals surface area contributed by atoms with Gasteiger partial charge in [0.15, 0.2) is 11.5 Å². The molecule has 156 valence electrons. The summed E-state index contributed by atoms with van der Waals surface area (Å²) < 4.78 is 16.5. The number of amides is 2. The second-order valence-electron chi connectivity index (χ2n) is 6.34. The van der Waals surface area contributed by atoms with Crippen molar-refractivity contribution in [1.29, 1.82) is 0 Å². The first-order chi connectivity index (χ1) is 14.1. The number of unbranched alkanes of at least 4 members (excludes halogenated alkanes) is 1. The van der Waals surface area contributed by atoms with Gasteiger partial charge in [-0.3, -0.25) is 20.4 Å². The van der Waals surface area contributed by atoms with Crippen molar-refractivity contribution in [3.05, 3.63) is 54.1 Å². The first kappa shape index (κ1) is 22.1. The normalized spacial score (nSPS) is 10.1. The number of nitrogens with one attached hydrogen (secondary N) is 2. The Kier molecular flexibility index (Phi) is 9.35. The summed E-state index contributed by atoms with van der Waals surface area (Å²) in [6.07, 6.45) is 2.74. The molecule has 0 aliphatic rings. The van der Waals surface area contributed by atoms with Gasteiger partial charge in [-0.1, -0.05) is 31.5 Å². The van der Waals surface area contributed by atoms with Gasteiger partial charge in [0.05, 0.1) is 20.3 Å². The molecular weight excluding hydrogens is 372 g/mol. The van der Waals surface area contributed by atoms with Crippen LogP contribution in [0.1, 0.15) is 43.0 Å². The van der Waals surface area contributed by atoms with Gasteiger partial charge in [0.1, 0.15) is 5.75 Å². The van der Waals surface area contributed by atoms with Crippen LogP contribution in [0.25, 0.3) is 0 Å². The van der Waals surface area contributed by atoms with E-state index in [1.807, 2.05) is 30.3 Å². The van der Waals surface area contributed by atoms with Crippen molar-refractivity contribution in [2.24, 2.45) is 0 Å². The van der Waals surface area contributed by atoms with E-state index in [9.17, 15) is 9.59 Å². The topological polar surface area (TPSA) is 85.9 Å². The Hall–Kier alpha value is -3.22.